The fraction of sp³-hybridized carbons (Fsp3) is 0.200. The predicted octanol–water partition coefficient (Wildman–Crippen LogP) is 3.04. The third-order valence-electron chi connectivity index (χ3n) is 3.14. The first-order valence-corrected chi connectivity index (χ1v) is 8.37. The molecule has 0 aliphatic rings. The molecule has 2 rings (SSSR count). The van der Waals surface area contributed by atoms with Crippen LogP contribution in [0.15, 0.2) is 53.4 Å². The molecule has 2 aromatic carbocycles. The van der Waals surface area contributed by atoms with Gasteiger partial charge in [0.1, 0.15) is 5.75 Å². The van der Waals surface area contributed by atoms with Crippen molar-refractivity contribution in [1.29, 1.82) is 0 Å². The summed E-state index contributed by atoms with van der Waals surface area (Å²) in [5.41, 5.74) is 7.26. The number of ether oxygens (including phenoxy) is 1. The van der Waals surface area contributed by atoms with Crippen molar-refractivity contribution in [3.63, 3.8) is 0 Å². The zero-order valence-electron chi connectivity index (χ0n) is 12.0. The molecule has 2 N–H and O–H groups in total. The van der Waals surface area contributed by atoms with Crippen molar-refractivity contribution in [1.82, 2.24) is 0 Å². The summed E-state index contributed by atoms with van der Waals surface area (Å²) < 4.78 is 62.9. The zero-order valence-corrected chi connectivity index (χ0v) is 12.9. The smallest absolute Gasteiger partial charge is 0.406 e. The van der Waals surface area contributed by atoms with Crippen LogP contribution in [0.4, 0.5) is 13.2 Å². The second-order valence-corrected chi connectivity index (χ2v) is 6.95. The molecule has 0 aliphatic heterocycles. The highest BCUT2D eigenvalue weighted by Crippen LogP contribution is 2.26. The van der Waals surface area contributed by atoms with Crippen molar-refractivity contribution in [3.8, 4) is 5.75 Å². The average molecular weight is 345 g/mol. The van der Waals surface area contributed by atoms with E-state index in [4.69, 9.17) is 5.73 Å². The molecular formula is C15H14F3NO3S. The Morgan fingerprint density at radius 1 is 0.957 bits per heavy atom. The second kappa shape index (κ2) is 6.21. The van der Waals surface area contributed by atoms with Crippen LogP contribution in [-0.4, -0.2) is 21.0 Å². The van der Waals surface area contributed by atoms with Crippen LogP contribution in [0.25, 0.3) is 0 Å². The standard InChI is InChI=1S/C15H14F3NO3S/c1-23(20,21)13-8-4-11(5-9-13)14(19)10-2-6-12(7-3-10)22-15(16,17)18/h2-9,14H,19H2,1H3/t14-/m1/s1. The number of nitrogens with two attached hydrogens (primary N) is 1. The molecule has 0 aromatic heterocycles. The fourth-order valence-electron chi connectivity index (χ4n) is 1.99. The van der Waals surface area contributed by atoms with Gasteiger partial charge in [0.25, 0.3) is 0 Å². The van der Waals surface area contributed by atoms with E-state index in [-0.39, 0.29) is 10.6 Å². The summed E-state index contributed by atoms with van der Waals surface area (Å²) in [5, 5.41) is 0. The van der Waals surface area contributed by atoms with Gasteiger partial charge < -0.3 is 10.5 Å². The first-order valence-electron chi connectivity index (χ1n) is 6.47. The van der Waals surface area contributed by atoms with Gasteiger partial charge in [-0.25, -0.2) is 8.42 Å². The molecule has 124 valence electrons. The van der Waals surface area contributed by atoms with Gasteiger partial charge in [0.05, 0.1) is 10.9 Å². The van der Waals surface area contributed by atoms with E-state index in [2.05, 4.69) is 4.74 Å². The van der Waals surface area contributed by atoms with E-state index in [1.165, 1.54) is 36.4 Å². The van der Waals surface area contributed by atoms with E-state index in [1.54, 1.807) is 12.1 Å². The van der Waals surface area contributed by atoms with Crippen molar-refractivity contribution in [3.05, 3.63) is 59.7 Å². The largest absolute Gasteiger partial charge is 0.573 e. The third-order valence-corrected chi connectivity index (χ3v) is 4.27. The number of rotatable bonds is 4. The van der Waals surface area contributed by atoms with Crippen LogP contribution in [0.1, 0.15) is 17.2 Å². The van der Waals surface area contributed by atoms with Crippen molar-refractivity contribution in [2.45, 2.75) is 17.3 Å². The Labute approximate surface area is 131 Å². The van der Waals surface area contributed by atoms with Gasteiger partial charge in [0, 0.05) is 6.26 Å². The van der Waals surface area contributed by atoms with E-state index in [0.717, 1.165) is 6.26 Å². The summed E-state index contributed by atoms with van der Waals surface area (Å²) in [6.45, 7) is 0. The molecule has 2 aromatic rings. The van der Waals surface area contributed by atoms with Crippen molar-refractivity contribution < 1.29 is 26.3 Å². The molecule has 8 heteroatoms. The highest BCUT2D eigenvalue weighted by molar-refractivity contribution is 7.90. The highest BCUT2D eigenvalue weighted by atomic mass is 32.2. The number of benzene rings is 2. The van der Waals surface area contributed by atoms with Crippen molar-refractivity contribution in [2.24, 2.45) is 5.73 Å². The molecule has 0 amide bonds. The van der Waals surface area contributed by atoms with Gasteiger partial charge in [-0.1, -0.05) is 24.3 Å². The van der Waals surface area contributed by atoms with Crippen LogP contribution in [-0.2, 0) is 9.84 Å². The lowest BCUT2D eigenvalue weighted by Gasteiger charge is -2.14. The van der Waals surface area contributed by atoms with E-state index in [9.17, 15) is 21.6 Å². The fourth-order valence-corrected chi connectivity index (χ4v) is 2.62. The van der Waals surface area contributed by atoms with E-state index in [1.807, 2.05) is 0 Å². The van der Waals surface area contributed by atoms with Gasteiger partial charge in [0.2, 0.25) is 0 Å². The Balaban J connectivity index is 2.18. The number of hydrogen-bond donors (Lipinski definition) is 1. The van der Waals surface area contributed by atoms with Gasteiger partial charge in [0.15, 0.2) is 9.84 Å². The molecule has 0 heterocycles. The van der Waals surface area contributed by atoms with Gasteiger partial charge in [-0.15, -0.1) is 13.2 Å². The Morgan fingerprint density at radius 3 is 1.78 bits per heavy atom. The summed E-state index contributed by atoms with van der Waals surface area (Å²) in [6.07, 6.45) is -3.65. The number of halogens is 3. The van der Waals surface area contributed by atoms with E-state index in [0.29, 0.717) is 11.1 Å². The van der Waals surface area contributed by atoms with Crippen LogP contribution in [0.5, 0.6) is 5.75 Å². The molecule has 0 spiro atoms. The van der Waals surface area contributed by atoms with Crippen LogP contribution < -0.4 is 10.5 Å². The lowest BCUT2D eigenvalue weighted by Crippen LogP contribution is -2.17. The lowest BCUT2D eigenvalue weighted by molar-refractivity contribution is -0.274. The van der Waals surface area contributed by atoms with Gasteiger partial charge in [-0.05, 0) is 35.4 Å². The van der Waals surface area contributed by atoms with E-state index >= 15 is 0 Å². The topological polar surface area (TPSA) is 69.4 Å². The van der Waals surface area contributed by atoms with Crippen molar-refractivity contribution >= 4 is 9.84 Å². The van der Waals surface area contributed by atoms with Gasteiger partial charge in [-0.3, -0.25) is 0 Å². The Morgan fingerprint density at radius 2 is 1.39 bits per heavy atom. The Hall–Kier alpha value is -2.06. The minimum Gasteiger partial charge on any atom is -0.406 e. The molecular weight excluding hydrogens is 331 g/mol. The monoisotopic (exact) mass is 345 g/mol. The molecule has 0 fully saturated rings. The molecule has 0 saturated carbocycles. The normalized spacial score (nSPS) is 13.6. The number of sulfone groups is 1. The van der Waals surface area contributed by atoms with Gasteiger partial charge in [-0.2, -0.15) is 0 Å². The number of alkyl halides is 3. The quantitative estimate of drug-likeness (QED) is 0.925. The molecule has 23 heavy (non-hydrogen) atoms. The van der Waals surface area contributed by atoms with Gasteiger partial charge >= 0.3 is 6.36 Å². The van der Waals surface area contributed by atoms with Crippen LogP contribution in [0.2, 0.25) is 0 Å². The summed E-state index contributed by atoms with van der Waals surface area (Å²) in [4.78, 5) is 0.169. The maximum atomic E-state index is 12.1. The summed E-state index contributed by atoms with van der Waals surface area (Å²) in [7, 11) is -3.30. The molecule has 0 unspecified atom stereocenters. The molecule has 0 bridgehead atoms. The maximum Gasteiger partial charge on any atom is 0.573 e. The van der Waals surface area contributed by atoms with Crippen LogP contribution in [0.3, 0.4) is 0 Å². The van der Waals surface area contributed by atoms with E-state index < -0.39 is 22.2 Å². The molecule has 0 saturated heterocycles. The maximum absolute atomic E-state index is 12.1. The average Bonchev–Trinajstić information content (AvgIpc) is 2.45. The Kier molecular flexibility index (Phi) is 4.67. The van der Waals surface area contributed by atoms with Crippen molar-refractivity contribution in [2.75, 3.05) is 6.26 Å². The minimum absolute atomic E-state index is 0.169. The molecule has 0 aliphatic carbocycles. The first-order chi connectivity index (χ1) is 10.6. The SMILES string of the molecule is CS(=O)(=O)c1ccc([C@H](N)c2ccc(OC(F)(F)F)cc2)cc1. The third kappa shape index (κ3) is 4.70. The van der Waals surface area contributed by atoms with Crippen LogP contribution in [0, 0.1) is 0 Å². The zero-order chi connectivity index (χ0) is 17.3. The van der Waals surface area contributed by atoms with Crippen LogP contribution >= 0.6 is 0 Å². The molecule has 0 radical (unpaired) electrons. The molecule has 4 nitrogen and oxygen atoms in total. The Bertz CT molecular complexity index is 769. The summed E-state index contributed by atoms with van der Waals surface area (Å²) in [5.74, 6) is -0.333. The second-order valence-electron chi connectivity index (χ2n) is 4.94. The lowest BCUT2D eigenvalue weighted by atomic mass is 10.00. The first kappa shape index (κ1) is 17.3. The highest BCUT2D eigenvalue weighted by Gasteiger charge is 2.31. The molecule has 1 atom stereocenters. The number of hydrogen-bond acceptors (Lipinski definition) is 4. The summed E-state index contributed by atoms with van der Waals surface area (Å²) in [6, 6.07) is 10.6. The summed E-state index contributed by atoms with van der Waals surface area (Å²) >= 11 is 0. The predicted molar refractivity (Wildman–Crippen MR) is 78.7 cm³/mol. The minimum atomic E-state index is -4.74.